The van der Waals surface area contributed by atoms with E-state index in [1.54, 1.807) is 14.1 Å². The Labute approximate surface area is 110 Å². The van der Waals surface area contributed by atoms with Gasteiger partial charge in [-0.05, 0) is 17.7 Å². The van der Waals surface area contributed by atoms with Crippen molar-refractivity contribution in [1.82, 2.24) is 10.2 Å². The summed E-state index contributed by atoms with van der Waals surface area (Å²) in [6.45, 7) is 0.941. The quantitative estimate of drug-likeness (QED) is 0.835. The van der Waals surface area contributed by atoms with Crippen LogP contribution in [0.25, 0.3) is 0 Å². The van der Waals surface area contributed by atoms with Crippen LogP contribution in [-0.4, -0.2) is 31.4 Å². The number of hydrogen-bond acceptors (Lipinski definition) is 2. The molecule has 0 heterocycles. The molecule has 19 heavy (non-hydrogen) atoms. The van der Waals surface area contributed by atoms with Crippen LogP contribution in [0.15, 0.2) is 24.3 Å². The van der Waals surface area contributed by atoms with Crippen LogP contribution in [0.3, 0.4) is 0 Å². The van der Waals surface area contributed by atoms with Crippen molar-refractivity contribution in [3.63, 3.8) is 0 Å². The van der Waals surface area contributed by atoms with Gasteiger partial charge in [-0.1, -0.05) is 12.1 Å². The number of carbonyl (C=O) groups is 1. The molecular formula is C13H17F3N2O. The van der Waals surface area contributed by atoms with E-state index >= 15 is 0 Å². The summed E-state index contributed by atoms with van der Waals surface area (Å²) in [5.41, 5.74) is 0.101. The fraction of sp³-hybridized carbons (Fsp3) is 0.462. The second-order valence-corrected chi connectivity index (χ2v) is 4.41. The van der Waals surface area contributed by atoms with Crippen LogP contribution in [0.2, 0.25) is 0 Å². The van der Waals surface area contributed by atoms with Gasteiger partial charge in [0, 0.05) is 33.6 Å². The predicted molar refractivity (Wildman–Crippen MR) is 66.5 cm³/mol. The van der Waals surface area contributed by atoms with Gasteiger partial charge in [-0.15, -0.1) is 0 Å². The number of amides is 1. The molecule has 0 aliphatic carbocycles. The van der Waals surface area contributed by atoms with Crippen LogP contribution in [-0.2, 0) is 17.5 Å². The number of nitrogens with one attached hydrogen (secondary N) is 1. The monoisotopic (exact) mass is 274 g/mol. The second-order valence-electron chi connectivity index (χ2n) is 4.41. The van der Waals surface area contributed by atoms with Gasteiger partial charge in [-0.3, -0.25) is 4.79 Å². The molecule has 1 N–H and O–H groups in total. The van der Waals surface area contributed by atoms with Gasteiger partial charge in [0.1, 0.15) is 0 Å². The van der Waals surface area contributed by atoms with Gasteiger partial charge < -0.3 is 10.2 Å². The molecule has 6 heteroatoms. The number of halogens is 3. The van der Waals surface area contributed by atoms with Crippen LogP contribution >= 0.6 is 0 Å². The van der Waals surface area contributed by atoms with Gasteiger partial charge >= 0.3 is 6.18 Å². The summed E-state index contributed by atoms with van der Waals surface area (Å²) in [6, 6.07) is 4.98. The molecule has 0 aliphatic rings. The first kappa shape index (κ1) is 15.5. The van der Waals surface area contributed by atoms with Crippen molar-refractivity contribution in [2.45, 2.75) is 19.1 Å². The fourth-order valence-corrected chi connectivity index (χ4v) is 1.46. The van der Waals surface area contributed by atoms with Gasteiger partial charge in [0.25, 0.3) is 0 Å². The van der Waals surface area contributed by atoms with E-state index in [4.69, 9.17) is 0 Å². The molecule has 0 unspecified atom stereocenters. The molecule has 0 aliphatic heterocycles. The minimum absolute atomic E-state index is 0.0138. The Bertz CT molecular complexity index is 413. The van der Waals surface area contributed by atoms with Crippen molar-refractivity contribution in [3.05, 3.63) is 35.4 Å². The predicted octanol–water partition coefficient (Wildman–Crippen LogP) is 2.27. The maximum Gasteiger partial charge on any atom is 0.416 e. The number of nitrogens with zero attached hydrogens (tertiary/aromatic N) is 1. The standard InChI is InChI=1S/C13H17F3N2O/c1-18(2)12(19)7-8-17-9-10-3-5-11(6-4-10)13(14,15)16/h3-6,17H,7-9H2,1-2H3. The Hall–Kier alpha value is -1.56. The number of carbonyl (C=O) groups excluding carboxylic acids is 1. The summed E-state index contributed by atoms with van der Waals surface area (Å²) >= 11 is 0. The topological polar surface area (TPSA) is 32.3 Å². The number of benzene rings is 1. The van der Waals surface area contributed by atoms with Gasteiger partial charge in [-0.25, -0.2) is 0 Å². The summed E-state index contributed by atoms with van der Waals surface area (Å²) in [5, 5.41) is 3.02. The highest BCUT2D eigenvalue weighted by Crippen LogP contribution is 2.28. The van der Waals surface area contributed by atoms with E-state index in [1.165, 1.54) is 17.0 Å². The van der Waals surface area contributed by atoms with Crippen molar-refractivity contribution in [2.75, 3.05) is 20.6 Å². The van der Waals surface area contributed by atoms with Crippen LogP contribution in [0.4, 0.5) is 13.2 Å². The summed E-state index contributed by atoms with van der Waals surface area (Å²) in [4.78, 5) is 12.8. The van der Waals surface area contributed by atoms with Gasteiger partial charge in [0.05, 0.1) is 5.56 Å². The zero-order valence-corrected chi connectivity index (χ0v) is 10.9. The SMILES string of the molecule is CN(C)C(=O)CCNCc1ccc(C(F)(F)F)cc1. The third-order valence-corrected chi connectivity index (χ3v) is 2.62. The average molecular weight is 274 g/mol. The number of hydrogen-bond donors (Lipinski definition) is 1. The van der Waals surface area contributed by atoms with Crippen LogP contribution in [0, 0.1) is 0 Å². The molecule has 0 bridgehead atoms. The minimum atomic E-state index is -4.30. The van der Waals surface area contributed by atoms with Crippen molar-refractivity contribution < 1.29 is 18.0 Å². The fourth-order valence-electron chi connectivity index (χ4n) is 1.46. The minimum Gasteiger partial charge on any atom is -0.349 e. The summed E-state index contributed by atoms with van der Waals surface area (Å²) in [5.74, 6) is 0.0138. The zero-order chi connectivity index (χ0) is 14.5. The average Bonchev–Trinajstić information content (AvgIpc) is 2.33. The maximum absolute atomic E-state index is 12.3. The third-order valence-electron chi connectivity index (χ3n) is 2.62. The summed E-state index contributed by atoms with van der Waals surface area (Å²) in [6.07, 6.45) is -3.93. The van der Waals surface area contributed by atoms with Crippen LogP contribution < -0.4 is 5.32 Å². The molecular weight excluding hydrogens is 257 g/mol. The third kappa shape index (κ3) is 5.30. The normalized spacial score (nSPS) is 11.4. The van der Waals surface area contributed by atoms with Crippen molar-refractivity contribution in [1.29, 1.82) is 0 Å². The van der Waals surface area contributed by atoms with E-state index < -0.39 is 11.7 Å². The van der Waals surface area contributed by atoms with Gasteiger partial charge in [0.15, 0.2) is 0 Å². The van der Waals surface area contributed by atoms with E-state index in [9.17, 15) is 18.0 Å². The highest BCUT2D eigenvalue weighted by molar-refractivity contribution is 5.75. The molecule has 1 rings (SSSR count). The van der Waals surface area contributed by atoms with Crippen molar-refractivity contribution in [2.24, 2.45) is 0 Å². The Morgan fingerprint density at radius 2 is 1.79 bits per heavy atom. The molecule has 0 aromatic heterocycles. The van der Waals surface area contributed by atoms with Crippen LogP contribution in [0.1, 0.15) is 17.5 Å². The molecule has 3 nitrogen and oxygen atoms in total. The Morgan fingerprint density at radius 3 is 2.26 bits per heavy atom. The molecule has 0 fully saturated rings. The lowest BCUT2D eigenvalue weighted by Gasteiger charge is -2.11. The molecule has 0 atom stereocenters. The van der Waals surface area contributed by atoms with Crippen molar-refractivity contribution >= 4 is 5.91 Å². The molecule has 1 aromatic carbocycles. The molecule has 0 radical (unpaired) electrons. The first-order valence-corrected chi connectivity index (χ1v) is 5.87. The molecule has 1 aromatic rings. The second kappa shape index (κ2) is 6.56. The number of rotatable bonds is 5. The summed E-state index contributed by atoms with van der Waals surface area (Å²) in [7, 11) is 3.36. The van der Waals surface area contributed by atoms with E-state index in [0.29, 0.717) is 19.5 Å². The summed E-state index contributed by atoms with van der Waals surface area (Å²) < 4.78 is 37.0. The van der Waals surface area contributed by atoms with E-state index in [2.05, 4.69) is 5.32 Å². The lowest BCUT2D eigenvalue weighted by atomic mass is 10.1. The number of alkyl halides is 3. The van der Waals surface area contributed by atoms with E-state index in [1.807, 2.05) is 0 Å². The smallest absolute Gasteiger partial charge is 0.349 e. The van der Waals surface area contributed by atoms with Crippen molar-refractivity contribution in [3.8, 4) is 0 Å². The Morgan fingerprint density at radius 1 is 1.21 bits per heavy atom. The molecule has 1 amide bonds. The molecule has 106 valence electrons. The molecule has 0 saturated carbocycles. The Balaban J connectivity index is 2.37. The first-order chi connectivity index (χ1) is 8.80. The lowest BCUT2D eigenvalue weighted by Crippen LogP contribution is -2.26. The lowest BCUT2D eigenvalue weighted by molar-refractivity contribution is -0.137. The Kier molecular flexibility index (Phi) is 5.35. The zero-order valence-electron chi connectivity index (χ0n) is 10.9. The highest BCUT2D eigenvalue weighted by atomic mass is 19.4. The van der Waals surface area contributed by atoms with E-state index in [-0.39, 0.29) is 5.91 Å². The maximum atomic E-state index is 12.3. The molecule has 0 saturated heterocycles. The van der Waals surface area contributed by atoms with Gasteiger partial charge in [0.2, 0.25) is 5.91 Å². The first-order valence-electron chi connectivity index (χ1n) is 5.87. The van der Waals surface area contributed by atoms with Crippen LogP contribution in [0.5, 0.6) is 0 Å². The van der Waals surface area contributed by atoms with E-state index in [0.717, 1.165) is 17.7 Å². The molecule has 0 spiro atoms. The van der Waals surface area contributed by atoms with Gasteiger partial charge in [-0.2, -0.15) is 13.2 Å². The highest BCUT2D eigenvalue weighted by Gasteiger charge is 2.29. The largest absolute Gasteiger partial charge is 0.416 e.